The van der Waals surface area contributed by atoms with Gasteiger partial charge in [0.1, 0.15) is 12.4 Å². The Balaban J connectivity index is 1.48. The number of hydrogen-bond acceptors (Lipinski definition) is 5. The number of anilines is 2. The highest BCUT2D eigenvalue weighted by Crippen LogP contribution is 2.17. The molecule has 0 spiro atoms. The maximum atomic E-state index is 12.1. The molecule has 1 aromatic heterocycles. The average Bonchev–Trinajstić information content (AvgIpc) is 3.18. The van der Waals surface area contributed by atoms with Crippen LogP contribution in [0.5, 0.6) is 5.75 Å². The molecule has 2 amide bonds. The summed E-state index contributed by atoms with van der Waals surface area (Å²) in [7, 11) is 0. The van der Waals surface area contributed by atoms with Crippen molar-refractivity contribution in [1.29, 1.82) is 0 Å². The summed E-state index contributed by atoms with van der Waals surface area (Å²) in [6.07, 6.45) is 3.63. The van der Waals surface area contributed by atoms with Gasteiger partial charge in [-0.3, -0.25) is 9.59 Å². The summed E-state index contributed by atoms with van der Waals surface area (Å²) in [5.74, 6) is 0.460. The number of hydrogen-bond donors (Lipinski definition) is 2. The van der Waals surface area contributed by atoms with Crippen LogP contribution in [0.3, 0.4) is 0 Å². The molecule has 0 atom stereocenters. The molecule has 7 heteroatoms. The van der Waals surface area contributed by atoms with E-state index in [0.29, 0.717) is 24.4 Å². The fourth-order valence-corrected chi connectivity index (χ4v) is 3.15. The van der Waals surface area contributed by atoms with E-state index < -0.39 is 0 Å². The molecular weight excluding hydrogens is 398 g/mol. The lowest BCUT2D eigenvalue weighted by atomic mass is 10.2. The lowest BCUT2D eigenvalue weighted by molar-refractivity contribution is -0.116. The van der Waals surface area contributed by atoms with Crippen molar-refractivity contribution in [2.45, 2.75) is 26.9 Å². The van der Waals surface area contributed by atoms with Crippen molar-refractivity contribution in [3.8, 4) is 5.75 Å². The zero-order chi connectivity index (χ0) is 21.3. The third-order valence-electron chi connectivity index (χ3n) is 4.12. The number of rotatable bonds is 8. The van der Waals surface area contributed by atoms with E-state index in [4.69, 9.17) is 4.74 Å². The summed E-state index contributed by atoms with van der Waals surface area (Å²) in [6.45, 7) is 4.19. The van der Waals surface area contributed by atoms with Crippen LogP contribution in [-0.4, -0.2) is 16.8 Å². The molecule has 0 aliphatic carbocycles. The van der Waals surface area contributed by atoms with Gasteiger partial charge in [0, 0.05) is 29.3 Å². The van der Waals surface area contributed by atoms with Crippen LogP contribution in [-0.2, 0) is 16.2 Å². The second kappa shape index (κ2) is 10.4. The van der Waals surface area contributed by atoms with Crippen LogP contribution in [0, 0.1) is 6.92 Å². The molecule has 0 bridgehead atoms. The van der Waals surface area contributed by atoms with Crippen LogP contribution < -0.4 is 15.4 Å². The molecule has 0 saturated carbocycles. The normalized spacial score (nSPS) is 10.7. The van der Waals surface area contributed by atoms with E-state index in [1.54, 1.807) is 48.6 Å². The van der Waals surface area contributed by atoms with Gasteiger partial charge in [0.05, 0.1) is 10.7 Å². The number of benzene rings is 2. The molecule has 0 fully saturated rings. The first-order chi connectivity index (χ1) is 14.5. The topological polar surface area (TPSA) is 80.3 Å². The van der Waals surface area contributed by atoms with E-state index in [2.05, 4.69) is 15.6 Å². The highest BCUT2D eigenvalue weighted by atomic mass is 32.1. The summed E-state index contributed by atoms with van der Waals surface area (Å²) in [6, 6.07) is 14.5. The van der Waals surface area contributed by atoms with Crippen LogP contribution in [0.4, 0.5) is 11.4 Å². The van der Waals surface area contributed by atoms with Crippen molar-refractivity contribution in [2.24, 2.45) is 0 Å². The van der Waals surface area contributed by atoms with Gasteiger partial charge in [-0.1, -0.05) is 19.1 Å². The first-order valence-electron chi connectivity index (χ1n) is 9.54. The predicted molar refractivity (Wildman–Crippen MR) is 121 cm³/mol. The van der Waals surface area contributed by atoms with E-state index in [9.17, 15) is 9.59 Å². The highest BCUT2D eigenvalue weighted by molar-refractivity contribution is 7.09. The van der Waals surface area contributed by atoms with Gasteiger partial charge in [-0.2, -0.15) is 0 Å². The minimum atomic E-state index is -0.237. The second-order valence-electron chi connectivity index (χ2n) is 6.52. The Hall–Kier alpha value is -3.45. The Bertz CT molecular complexity index is 1020. The number of nitrogens with one attached hydrogen (secondary N) is 2. The lowest BCUT2D eigenvalue weighted by Gasteiger charge is -2.06. The summed E-state index contributed by atoms with van der Waals surface area (Å²) < 4.78 is 5.72. The van der Waals surface area contributed by atoms with Crippen molar-refractivity contribution < 1.29 is 14.3 Å². The van der Waals surface area contributed by atoms with Gasteiger partial charge in [0.15, 0.2) is 0 Å². The zero-order valence-electron chi connectivity index (χ0n) is 16.8. The molecule has 154 valence electrons. The van der Waals surface area contributed by atoms with E-state index in [1.807, 2.05) is 36.6 Å². The minimum absolute atomic E-state index is 0.0515. The Labute approximate surface area is 179 Å². The Morgan fingerprint density at radius 2 is 1.70 bits per heavy atom. The number of amides is 2. The summed E-state index contributed by atoms with van der Waals surface area (Å²) in [4.78, 5) is 27.9. The molecule has 30 heavy (non-hydrogen) atoms. The van der Waals surface area contributed by atoms with Gasteiger partial charge < -0.3 is 15.4 Å². The molecule has 0 radical (unpaired) electrons. The number of ether oxygens (including phenoxy) is 1. The van der Waals surface area contributed by atoms with Crippen molar-refractivity contribution in [1.82, 2.24) is 4.98 Å². The molecule has 3 aromatic rings. The molecule has 0 unspecified atom stereocenters. The van der Waals surface area contributed by atoms with Crippen molar-refractivity contribution in [2.75, 3.05) is 10.6 Å². The fraction of sp³-hybridized carbons (Fsp3) is 0.174. The van der Waals surface area contributed by atoms with Crippen molar-refractivity contribution in [3.05, 3.63) is 76.3 Å². The molecule has 2 aromatic carbocycles. The first kappa shape index (κ1) is 21.3. The molecule has 0 saturated heterocycles. The summed E-state index contributed by atoms with van der Waals surface area (Å²) in [5, 5.41) is 8.56. The standard InChI is InChI=1S/C23H23N3O3S/c1-3-22(27)25-18-7-9-19(10-8-18)26-23(28)13-6-17-4-11-21(12-5-17)29-14-20-15-30-16(2)24-20/h4-13,15H,3,14H2,1-2H3,(H,25,27)(H,26,28). The molecule has 6 nitrogen and oxygen atoms in total. The summed E-state index contributed by atoms with van der Waals surface area (Å²) in [5.41, 5.74) is 3.15. The van der Waals surface area contributed by atoms with Gasteiger partial charge in [0.25, 0.3) is 0 Å². The number of aromatic nitrogens is 1. The second-order valence-corrected chi connectivity index (χ2v) is 7.58. The molecule has 3 rings (SSSR count). The average molecular weight is 422 g/mol. The van der Waals surface area contributed by atoms with E-state index in [-0.39, 0.29) is 11.8 Å². The number of thiazole rings is 1. The van der Waals surface area contributed by atoms with E-state index in [0.717, 1.165) is 22.0 Å². The SMILES string of the molecule is CCC(=O)Nc1ccc(NC(=O)C=Cc2ccc(OCc3csc(C)n3)cc2)cc1. The molecule has 0 aliphatic rings. The summed E-state index contributed by atoms with van der Waals surface area (Å²) >= 11 is 1.60. The van der Waals surface area contributed by atoms with Gasteiger partial charge in [-0.25, -0.2) is 4.98 Å². The fourth-order valence-electron chi connectivity index (χ4n) is 2.55. The first-order valence-corrected chi connectivity index (χ1v) is 10.4. The Morgan fingerprint density at radius 1 is 1.03 bits per heavy atom. The third kappa shape index (κ3) is 6.56. The number of carbonyl (C=O) groups is 2. The van der Waals surface area contributed by atoms with Gasteiger partial charge in [-0.05, 0) is 55.0 Å². The monoisotopic (exact) mass is 421 g/mol. The van der Waals surface area contributed by atoms with Crippen LogP contribution in [0.15, 0.2) is 60.0 Å². The molecule has 0 aliphatic heterocycles. The number of nitrogens with zero attached hydrogens (tertiary/aromatic N) is 1. The van der Waals surface area contributed by atoms with Crippen LogP contribution in [0.25, 0.3) is 6.08 Å². The van der Waals surface area contributed by atoms with Crippen LogP contribution in [0.2, 0.25) is 0 Å². The quantitative estimate of drug-likeness (QED) is 0.500. The zero-order valence-corrected chi connectivity index (χ0v) is 17.7. The third-order valence-corrected chi connectivity index (χ3v) is 4.94. The van der Waals surface area contributed by atoms with Crippen molar-refractivity contribution in [3.63, 3.8) is 0 Å². The molecular formula is C23H23N3O3S. The predicted octanol–water partition coefficient (Wildman–Crippen LogP) is 5.03. The smallest absolute Gasteiger partial charge is 0.248 e. The van der Waals surface area contributed by atoms with Crippen molar-refractivity contribution >= 4 is 40.6 Å². The van der Waals surface area contributed by atoms with Crippen LogP contribution >= 0.6 is 11.3 Å². The van der Waals surface area contributed by atoms with E-state index >= 15 is 0 Å². The number of aryl methyl sites for hydroxylation is 1. The lowest BCUT2D eigenvalue weighted by Crippen LogP contribution is -2.10. The van der Waals surface area contributed by atoms with Gasteiger partial charge in [-0.15, -0.1) is 11.3 Å². The largest absolute Gasteiger partial charge is 0.487 e. The minimum Gasteiger partial charge on any atom is -0.487 e. The molecule has 2 N–H and O–H groups in total. The molecule has 1 heterocycles. The van der Waals surface area contributed by atoms with Gasteiger partial charge >= 0.3 is 0 Å². The maximum Gasteiger partial charge on any atom is 0.248 e. The Kier molecular flexibility index (Phi) is 7.34. The van der Waals surface area contributed by atoms with Gasteiger partial charge in [0.2, 0.25) is 11.8 Å². The highest BCUT2D eigenvalue weighted by Gasteiger charge is 2.02. The van der Waals surface area contributed by atoms with Crippen LogP contribution in [0.1, 0.15) is 29.6 Å². The number of carbonyl (C=O) groups excluding carboxylic acids is 2. The Morgan fingerprint density at radius 3 is 2.30 bits per heavy atom. The van der Waals surface area contributed by atoms with E-state index in [1.165, 1.54) is 6.08 Å². The maximum absolute atomic E-state index is 12.1.